The van der Waals surface area contributed by atoms with Crippen LogP contribution in [0.5, 0.6) is 11.6 Å². The van der Waals surface area contributed by atoms with Gasteiger partial charge in [0.05, 0.1) is 28.5 Å². The van der Waals surface area contributed by atoms with Crippen LogP contribution in [0.3, 0.4) is 0 Å². The molecule has 4 rings (SSSR count). The maximum absolute atomic E-state index is 12.6. The van der Waals surface area contributed by atoms with E-state index in [0.717, 1.165) is 23.5 Å². The van der Waals surface area contributed by atoms with Crippen LogP contribution in [-0.4, -0.2) is 27.1 Å². The number of aryl methyl sites for hydroxylation is 1. The Morgan fingerprint density at radius 1 is 1.17 bits per heavy atom. The zero-order valence-corrected chi connectivity index (χ0v) is 18.1. The highest BCUT2D eigenvalue weighted by molar-refractivity contribution is 6.32. The van der Waals surface area contributed by atoms with Gasteiger partial charge in [-0.25, -0.2) is 4.68 Å². The highest BCUT2D eigenvalue weighted by atomic mass is 35.5. The lowest BCUT2D eigenvalue weighted by molar-refractivity contribution is -0.131. The lowest BCUT2D eigenvalue weighted by Gasteiger charge is -2.23. The van der Waals surface area contributed by atoms with E-state index in [-0.39, 0.29) is 5.91 Å². The molecule has 1 aliphatic carbocycles. The van der Waals surface area contributed by atoms with Gasteiger partial charge in [0.1, 0.15) is 5.75 Å². The van der Waals surface area contributed by atoms with Gasteiger partial charge >= 0.3 is 0 Å². The molecular formula is C24H26ClN3O2. The van der Waals surface area contributed by atoms with Gasteiger partial charge in [-0.1, -0.05) is 48.9 Å². The van der Waals surface area contributed by atoms with Crippen LogP contribution in [0.1, 0.15) is 37.4 Å². The number of para-hydroxylation sites is 2. The SMILES string of the molecule is CCC(=O)N(Cc1c(C)nn(-c2ccccc2)c1Oc1ccccc1Cl)CC1CC1. The van der Waals surface area contributed by atoms with Gasteiger partial charge in [0.2, 0.25) is 11.8 Å². The summed E-state index contributed by atoms with van der Waals surface area (Å²) < 4.78 is 8.10. The molecule has 30 heavy (non-hydrogen) atoms. The molecule has 2 aromatic carbocycles. The van der Waals surface area contributed by atoms with Crippen molar-refractivity contribution in [3.05, 3.63) is 70.9 Å². The number of carbonyl (C=O) groups is 1. The Kier molecular flexibility index (Phi) is 6.09. The van der Waals surface area contributed by atoms with Crippen molar-refractivity contribution in [3.63, 3.8) is 0 Å². The van der Waals surface area contributed by atoms with Gasteiger partial charge in [-0.3, -0.25) is 4.79 Å². The second-order valence-corrected chi connectivity index (χ2v) is 8.13. The first-order chi connectivity index (χ1) is 14.6. The third kappa shape index (κ3) is 4.51. The van der Waals surface area contributed by atoms with Crippen LogP contribution < -0.4 is 4.74 Å². The number of halogens is 1. The normalized spacial score (nSPS) is 13.3. The third-order valence-electron chi connectivity index (χ3n) is 5.36. The number of ether oxygens (including phenoxy) is 1. The molecule has 1 heterocycles. The summed E-state index contributed by atoms with van der Waals surface area (Å²) in [6.07, 6.45) is 2.87. The van der Waals surface area contributed by atoms with Gasteiger partial charge in [-0.15, -0.1) is 0 Å². The summed E-state index contributed by atoms with van der Waals surface area (Å²) in [7, 11) is 0. The van der Waals surface area contributed by atoms with Gasteiger partial charge < -0.3 is 9.64 Å². The Morgan fingerprint density at radius 3 is 2.53 bits per heavy atom. The molecule has 0 atom stereocenters. The highest BCUT2D eigenvalue weighted by Crippen LogP contribution is 2.36. The van der Waals surface area contributed by atoms with Crippen LogP contribution in [0.15, 0.2) is 54.6 Å². The fourth-order valence-corrected chi connectivity index (χ4v) is 3.66. The molecule has 1 amide bonds. The van der Waals surface area contributed by atoms with Gasteiger partial charge in [-0.2, -0.15) is 5.10 Å². The lowest BCUT2D eigenvalue weighted by atomic mass is 10.2. The largest absolute Gasteiger partial charge is 0.437 e. The molecule has 5 nitrogen and oxygen atoms in total. The predicted octanol–water partition coefficient (Wildman–Crippen LogP) is 5.78. The molecule has 1 aromatic heterocycles. The zero-order valence-electron chi connectivity index (χ0n) is 17.3. The first-order valence-electron chi connectivity index (χ1n) is 10.4. The summed E-state index contributed by atoms with van der Waals surface area (Å²) in [5.74, 6) is 1.92. The van der Waals surface area contributed by atoms with Crippen LogP contribution in [-0.2, 0) is 11.3 Å². The molecule has 0 saturated heterocycles. The maximum Gasteiger partial charge on any atom is 0.227 e. The Morgan fingerprint density at radius 2 is 1.87 bits per heavy atom. The van der Waals surface area contributed by atoms with Crippen LogP contribution in [0, 0.1) is 12.8 Å². The van der Waals surface area contributed by atoms with Crippen molar-refractivity contribution in [2.24, 2.45) is 5.92 Å². The van der Waals surface area contributed by atoms with Crippen molar-refractivity contribution in [3.8, 4) is 17.3 Å². The molecule has 1 fully saturated rings. The molecule has 0 aliphatic heterocycles. The minimum Gasteiger partial charge on any atom is -0.437 e. The number of aromatic nitrogens is 2. The van der Waals surface area contributed by atoms with Crippen LogP contribution in [0.4, 0.5) is 0 Å². The van der Waals surface area contributed by atoms with Gasteiger partial charge in [0.25, 0.3) is 0 Å². The van der Waals surface area contributed by atoms with Crippen molar-refractivity contribution in [2.45, 2.75) is 39.7 Å². The summed E-state index contributed by atoms with van der Waals surface area (Å²) in [4.78, 5) is 14.6. The van der Waals surface area contributed by atoms with E-state index < -0.39 is 0 Å². The van der Waals surface area contributed by atoms with Gasteiger partial charge in [0, 0.05) is 13.0 Å². The minimum absolute atomic E-state index is 0.150. The Hall–Kier alpha value is -2.79. The summed E-state index contributed by atoms with van der Waals surface area (Å²) >= 11 is 6.37. The standard InChI is InChI=1S/C24H26ClN3O2/c1-3-23(29)27(15-18-13-14-18)16-20-17(2)26-28(19-9-5-4-6-10-19)24(20)30-22-12-8-7-11-21(22)25/h4-12,18H,3,13-16H2,1-2H3. The van der Waals surface area contributed by atoms with E-state index in [1.807, 2.05) is 67.3 Å². The molecule has 0 radical (unpaired) electrons. The molecule has 1 saturated carbocycles. The summed E-state index contributed by atoms with van der Waals surface area (Å²) in [6, 6.07) is 17.2. The van der Waals surface area contributed by atoms with E-state index in [0.29, 0.717) is 35.5 Å². The first kappa shape index (κ1) is 20.5. The number of amides is 1. The Balaban J connectivity index is 1.75. The van der Waals surface area contributed by atoms with E-state index in [2.05, 4.69) is 0 Å². The first-order valence-corrected chi connectivity index (χ1v) is 10.8. The number of benzene rings is 2. The molecule has 6 heteroatoms. The van der Waals surface area contributed by atoms with Gasteiger partial charge in [0.15, 0.2) is 0 Å². The number of nitrogens with zero attached hydrogens (tertiary/aromatic N) is 3. The lowest BCUT2D eigenvalue weighted by Crippen LogP contribution is -2.32. The molecule has 0 spiro atoms. The van der Waals surface area contributed by atoms with Gasteiger partial charge in [-0.05, 0) is 49.9 Å². The van der Waals surface area contributed by atoms with Crippen molar-refractivity contribution in [2.75, 3.05) is 6.54 Å². The Labute approximate surface area is 182 Å². The van der Waals surface area contributed by atoms with Crippen molar-refractivity contribution < 1.29 is 9.53 Å². The predicted molar refractivity (Wildman–Crippen MR) is 118 cm³/mol. The monoisotopic (exact) mass is 423 g/mol. The van der Waals surface area contributed by atoms with E-state index in [4.69, 9.17) is 21.4 Å². The molecular weight excluding hydrogens is 398 g/mol. The third-order valence-corrected chi connectivity index (χ3v) is 5.67. The average Bonchev–Trinajstić information content (AvgIpc) is 3.53. The van der Waals surface area contributed by atoms with Crippen molar-refractivity contribution >= 4 is 17.5 Å². The average molecular weight is 424 g/mol. The maximum atomic E-state index is 12.6. The van der Waals surface area contributed by atoms with Crippen LogP contribution in [0.2, 0.25) is 5.02 Å². The molecule has 0 N–H and O–H groups in total. The smallest absolute Gasteiger partial charge is 0.227 e. The van der Waals surface area contributed by atoms with E-state index in [1.54, 1.807) is 10.7 Å². The van der Waals surface area contributed by atoms with E-state index in [1.165, 1.54) is 12.8 Å². The molecule has 1 aliphatic rings. The molecule has 0 unspecified atom stereocenters. The van der Waals surface area contributed by atoms with Crippen LogP contribution in [0.25, 0.3) is 5.69 Å². The second-order valence-electron chi connectivity index (χ2n) is 7.72. The van der Waals surface area contributed by atoms with Crippen molar-refractivity contribution in [1.82, 2.24) is 14.7 Å². The number of carbonyl (C=O) groups excluding carboxylic acids is 1. The number of rotatable bonds is 8. The summed E-state index contributed by atoms with van der Waals surface area (Å²) in [5, 5.41) is 5.28. The topological polar surface area (TPSA) is 47.4 Å². The summed E-state index contributed by atoms with van der Waals surface area (Å²) in [5.41, 5.74) is 2.64. The quantitative estimate of drug-likeness (QED) is 0.461. The van der Waals surface area contributed by atoms with E-state index >= 15 is 0 Å². The fraction of sp³-hybridized carbons (Fsp3) is 0.333. The highest BCUT2D eigenvalue weighted by Gasteiger charge is 2.29. The summed E-state index contributed by atoms with van der Waals surface area (Å²) in [6.45, 7) is 5.12. The number of hydrogen-bond acceptors (Lipinski definition) is 3. The van der Waals surface area contributed by atoms with Crippen molar-refractivity contribution in [1.29, 1.82) is 0 Å². The van der Waals surface area contributed by atoms with E-state index in [9.17, 15) is 4.79 Å². The zero-order chi connectivity index (χ0) is 21.1. The molecule has 3 aromatic rings. The molecule has 156 valence electrons. The number of hydrogen-bond donors (Lipinski definition) is 0. The minimum atomic E-state index is 0.150. The Bertz CT molecular complexity index is 1030. The second kappa shape index (κ2) is 8.92. The molecule has 0 bridgehead atoms. The van der Waals surface area contributed by atoms with Crippen LogP contribution >= 0.6 is 11.6 Å². The fourth-order valence-electron chi connectivity index (χ4n) is 3.48.